The van der Waals surface area contributed by atoms with Gasteiger partial charge in [0.1, 0.15) is 5.75 Å². The zero-order valence-electron chi connectivity index (χ0n) is 22.3. The molecule has 3 aromatic carbocycles. The van der Waals surface area contributed by atoms with Crippen LogP contribution < -0.4 is 82.6 Å². The van der Waals surface area contributed by atoms with E-state index in [1.165, 1.54) is 12.1 Å². The van der Waals surface area contributed by atoms with E-state index >= 15 is 0 Å². The summed E-state index contributed by atoms with van der Waals surface area (Å²) in [6.45, 7) is 1.58. The van der Waals surface area contributed by atoms with Crippen LogP contribution in [0.15, 0.2) is 91.0 Å². The minimum atomic E-state index is -2.75. The number of carboxylic acids is 1. The maximum absolute atomic E-state index is 12.5. The number of halogens is 2. The van der Waals surface area contributed by atoms with Gasteiger partial charge in [0.2, 0.25) is 0 Å². The van der Waals surface area contributed by atoms with Gasteiger partial charge >= 0.3 is 254 Å². The van der Waals surface area contributed by atoms with Gasteiger partial charge in [-0.25, -0.2) is 0 Å². The number of ether oxygens (including phenoxy) is 1. The van der Waals surface area contributed by atoms with Crippen molar-refractivity contribution >= 4 is 51.9 Å². The third kappa shape index (κ3) is 8.45. The van der Waals surface area contributed by atoms with Crippen LogP contribution in [0, 0.1) is 0 Å². The van der Waals surface area contributed by atoms with Crippen LogP contribution in [0.3, 0.4) is 0 Å². The van der Waals surface area contributed by atoms with E-state index in [9.17, 15) is 22.8 Å². The number of para-hydroxylation sites is 1. The molecule has 1 heterocycles. The summed E-state index contributed by atoms with van der Waals surface area (Å²) in [5.41, 5.74) is 1.14. The predicted molar refractivity (Wildman–Crippen MR) is 144 cm³/mol. The molecule has 1 unspecified atom stereocenters. The molecule has 0 bridgehead atoms. The summed E-state index contributed by atoms with van der Waals surface area (Å²) < 4.78 is 21.6. The van der Waals surface area contributed by atoms with Gasteiger partial charge in [0.25, 0.3) is 0 Å². The number of aliphatic hydroxyl groups excluding tert-OH is 1. The van der Waals surface area contributed by atoms with Gasteiger partial charge < -0.3 is 9.84 Å². The van der Waals surface area contributed by atoms with Crippen LogP contribution in [0.5, 0.6) is 11.5 Å². The largest absolute Gasteiger partial charge is 1.00 e. The number of hydrogen-bond acceptors (Lipinski definition) is 8. The maximum Gasteiger partial charge on any atom is 1.00 e. The Kier molecular flexibility index (Phi) is 14.5. The minimum absolute atomic E-state index is 0. The van der Waals surface area contributed by atoms with Gasteiger partial charge in [0.15, 0.2) is 6.29 Å². The molecule has 196 valence electrons. The van der Waals surface area contributed by atoms with Gasteiger partial charge in [0.05, 0.1) is 0 Å². The first-order valence-corrected chi connectivity index (χ1v) is 18.3. The standard InChI is InChI=1S/C20H9Br2O5.C8H10O2.Hg.2Na.H2O/c21-13-5-11-17(7-15(13)23)27-18-8-16(24)14(22)6-12(18)19(11)9-3-1-2-4-10(9)20(25)26;1-7(9)10-8-5-3-2-4-6-8;;;;/h1-7,24H,(H,25,26);2-7,9H,1H3;;;;1H2/q;;3*+1;/p-3. The monoisotopic (exact) mass is 888 g/mol. The van der Waals surface area contributed by atoms with Crippen molar-refractivity contribution in [3.05, 3.63) is 97.5 Å². The normalized spacial score (nSPS) is 10.9. The van der Waals surface area contributed by atoms with Crippen LogP contribution in [0.2, 0.25) is 0 Å². The van der Waals surface area contributed by atoms with Crippen molar-refractivity contribution < 1.29 is 116 Å². The summed E-state index contributed by atoms with van der Waals surface area (Å²) in [5, 5.41) is 33.5. The average molecular weight is 889 g/mol. The molecule has 1 aliphatic carbocycles. The van der Waals surface area contributed by atoms with Crippen molar-refractivity contribution in [1.82, 2.24) is 0 Å². The van der Waals surface area contributed by atoms with Crippen LogP contribution in [0.1, 0.15) is 17.3 Å². The van der Waals surface area contributed by atoms with Gasteiger partial charge in [-0.3, -0.25) is 0 Å². The molecule has 13 heteroatoms. The van der Waals surface area contributed by atoms with Crippen LogP contribution >= 0.6 is 31.9 Å². The maximum atomic E-state index is 12.5. The number of hydrogen-bond donors (Lipinski definition) is 2. The van der Waals surface area contributed by atoms with Gasteiger partial charge in [-0.05, 0) is 19.1 Å². The second kappa shape index (κ2) is 16.3. The van der Waals surface area contributed by atoms with Crippen LogP contribution in [-0.4, -0.2) is 20.4 Å². The molecule has 0 spiro atoms. The van der Waals surface area contributed by atoms with Crippen LogP contribution in [-0.2, 0) is 25.0 Å². The molecule has 3 aromatic rings. The molecule has 0 saturated carbocycles. The second-order valence-electron chi connectivity index (χ2n) is 8.32. The van der Waals surface area contributed by atoms with Crippen molar-refractivity contribution in [3.63, 3.8) is 0 Å². The van der Waals surface area contributed by atoms with E-state index in [0.717, 1.165) is 0 Å². The Labute approximate surface area is 309 Å². The molecule has 1 aliphatic heterocycles. The fourth-order valence-electron chi connectivity index (χ4n) is 4.05. The Balaban J connectivity index is 0.000000418. The third-order valence-electron chi connectivity index (χ3n) is 5.69. The smallest absolute Gasteiger partial charge is 1.00 e. The Morgan fingerprint density at radius 1 is 0.976 bits per heavy atom. The number of aliphatic hydroxyl groups is 1. The summed E-state index contributed by atoms with van der Waals surface area (Å²) in [6.07, 6.45) is -0.734. The Morgan fingerprint density at radius 3 is 2.22 bits per heavy atom. The summed E-state index contributed by atoms with van der Waals surface area (Å²) in [6, 6.07) is 19.9. The van der Waals surface area contributed by atoms with Crippen molar-refractivity contribution in [2.24, 2.45) is 0 Å². The number of fused-ring (bicyclic) bond motifs is 2. The molecule has 2 N–H and O–H groups in total. The first kappa shape index (κ1) is 36.4. The van der Waals surface area contributed by atoms with E-state index in [1.54, 1.807) is 49.4 Å². The van der Waals surface area contributed by atoms with E-state index < -0.39 is 37.3 Å². The zero-order valence-corrected chi connectivity index (χ0v) is 35.0. The molecular formula is C28H18Br2HgNa2O8. The van der Waals surface area contributed by atoms with Crippen LogP contribution in [0.4, 0.5) is 0 Å². The summed E-state index contributed by atoms with van der Waals surface area (Å²) in [7, 11) is 0. The van der Waals surface area contributed by atoms with Gasteiger partial charge in [-0.2, -0.15) is 0 Å². The van der Waals surface area contributed by atoms with Crippen molar-refractivity contribution in [1.29, 1.82) is 0 Å². The van der Waals surface area contributed by atoms with Gasteiger partial charge in [-0.1, -0.05) is 18.2 Å². The van der Waals surface area contributed by atoms with Crippen molar-refractivity contribution in [2.75, 3.05) is 0 Å². The number of carbonyl (C=O) groups is 1. The summed E-state index contributed by atoms with van der Waals surface area (Å²) >= 11 is 3.71. The molecule has 41 heavy (non-hydrogen) atoms. The second-order valence-corrected chi connectivity index (χ2v) is 14.0. The summed E-state index contributed by atoms with van der Waals surface area (Å²) in [4.78, 5) is 23.9. The van der Waals surface area contributed by atoms with E-state index in [-0.39, 0.29) is 99.2 Å². The molecule has 1 atom stereocenters. The zero-order chi connectivity index (χ0) is 28.3. The SMILES string of the molecule is CC(O)Oc1ccccc1.O=C([O-])c1ccccc1-c1c2cc(Br)c(=O)cc-2oc2[c]([Hg][OH])c([O-])c(Br)cc12.[Na+].[Na+]. The fraction of sp³-hybridized carbons (Fsp3) is 0.0714. The molecule has 0 aromatic heterocycles. The Morgan fingerprint density at radius 2 is 1.61 bits per heavy atom. The van der Waals surface area contributed by atoms with E-state index in [0.29, 0.717) is 27.8 Å². The van der Waals surface area contributed by atoms with Crippen molar-refractivity contribution in [3.8, 4) is 33.9 Å². The minimum Gasteiger partial charge on any atom is 1.00 e. The molecule has 0 fully saturated rings. The Bertz CT molecular complexity index is 1700. The van der Waals surface area contributed by atoms with Gasteiger partial charge in [0, 0.05) is 0 Å². The van der Waals surface area contributed by atoms with E-state index in [2.05, 4.69) is 31.9 Å². The predicted octanol–water partition coefficient (Wildman–Crippen LogP) is -2.45. The number of aromatic carboxylic acids is 1. The fourth-order valence-corrected chi connectivity index (χ4v) is 8.74. The van der Waals surface area contributed by atoms with Gasteiger partial charge in [-0.15, -0.1) is 0 Å². The number of benzene rings is 4. The van der Waals surface area contributed by atoms with Crippen LogP contribution in [0.25, 0.3) is 33.4 Å². The number of rotatable bonds is 5. The molecule has 0 saturated heterocycles. The van der Waals surface area contributed by atoms with E-state index in [4.69, 9.17) is 14.3 Å². The van der Waals surface area contributed by atoms with Crippen molar-refractivity contribution in [2.45, 2.75) is 13.2 Å². The molecule has 5 rings (SSSR count). The first-order valence-electron chi connectivity index (χ1n) is 11.5. The third-order valence-corrected chi connectivity index (χ3v) is 10.6. The number of carboxylic acid groups (broad SMARTS) is 1. The molecular weight excluding hydrogens is 871 g/mol. The van der Waals surface area contributed by atoms with E-state index in [1.807, 2.05) is 18.2 Å². The quantitative estimate of drug-likeness (QED) is 0.113. The summed E-state index contributed by atoms with van der Waals surface area (Å²) in [5.74, 6) is -0.830. The molecule has 0 radical (unpaired) electrons. The molecule has 0 amide bonds. The molecule has 2 aliphatic rings. The Hall–Kier alpha value is -0.765. The number of carbonyl (C=O) groups excluding carboxylic acids is 1. The molecule has 8 nitrogen and oxygen atoms in total. The average Bonchev–Trinajstić information content (AvgIpc) is 2.90. The first-order chi connectivity index (χ1) is 18.6. The topological polar surface area (TPSA) is 143 Å².